The third-order valence-corrected chi connectivity index (χ3v) is 7.91. The van der Waals surface area contributed by atoms with E-state index in [1.54, 1.807) is 27.7 Å². The van der Waals surface area contributed by atoms with Gasteiger partial charge in [-0.2, -0.15) is 0 Å². The van der Waals surface area contributed by atoms with Crippen LogP contribution in [0.2, 0.25) is 5.02 Å². The van der Waals surface area contributed by atoms with Crippen molar-refractivity contribution in [1.82, 2.24) is 0 Å². The minimum atomic E-state index is -0.870. The van der Waals surface area contributed by atoms with Crippen LogP contribution in [0.5, 0.6) is 0 Å². The predicted octanol–water partition coefficient (Wildman–Crippen LogP) is 8.44. The van der Waals surface area contributed by atoms with Gasteiger partial charge in [0, 0.05) is 21.1 Å². The number of thioether (sulfide) groups is 1. The number of nitrogens with zero attached hydrogens (tertiary/aromatic N) is 1. The van der Waals surface area contributed by atoms with E-state index in [9.17, 15) is 14.4 Å². The van der Waals surface area contributed by atoms with E-state index < -0.39 is 33.9 Å². The maximum atomic E-state index is 15.3. The number of hydrogen-bond acceptors (Lipinski definition) is 4. The zero-order valence-electron chi connectivity index (χ0n) is 22.2. The summed E-state index contributed by atoms with van der Waals surface area (Å²) >= 11 is 7.24. The first-order chi connectivity index (χ1) is 15.6. The van der Waals surface area contributed by atoms with E-state index in [0.717, 1.165) is 42.0 Å². The van der Waals surface area contributed by atoms with Crippen molar-refractivity contribution in [1.29, 1.82) is 0 Å². The number of amides is 2. The summed E-state index contributed by atoms with van der Waals surface area (Å²) in [6, 6.07) is 2.47. The van der Waals surface area contributed by atoms with Gasteiger partial charge >= 0.3 is 0 Å². The van der Waals surface area contributed by atoms with Crippen molar-refractivity contribution in [3.8, 4) is 0 Å². The van der Waals surface area contributed by atoms with E-state index in [1.165, 1.54) is 6.07 Å². The first-order valence-corrected chi connectivity index (χ1v) is 13.4. The van der Waals surface area contributed by atoms with Crippen molar-refractivity contribution in [3.05, 3.63) is 23.0 Å². The number of carbonyl (C=O) groups excluding carboxylic acids is 3. The van der Waals surface area contributed by atoms with Crippen molar-refractivity contribution in [2.45, 2.75) is 106 Å². The van der Waals surface area contributed by atoms with Crippen LogP contribution in [0.1, 0.15) is 101 Å². The SMILES string of the molecule is CCCC(C)(C)C(=O)Sc1cc(N(C(=O)C(C)(C)CCC)C(=O)C(C)(C)CCC)c(F)cc1Cl. The molecule has 0 spiro atoms. The first-order valence-electron chi connectivity index (χ1n) is 12.2. The molecule has 0 saturated carbocycles. The quantitative estimate of drug-likeness (QED) is 0.278. The van der Waals surface area contributed by atoms with Gasteiger partial charge in [0.05, 0.1) is 10.7 Å². The molecule has 0 fully saturated rings. The second-order valence-corrected chi connectivity index (χ2v) is 12.4. The summed E-state index contributed by atoms with van der Waals surface area (Å²) in [4.78, 5) is 41.7. The van der Waals surface area contributed by atoms with Gasteiger partial charge in [0.2, 0.25) is 11.8 Å². The molecule has 0 atom stereocenters. The van der Waals surface area contributed by atoms with Crippen LogP contribution in [0.4, 0.5) is 10.1 Å². The monoisotopic (exact) mass is 513 g/mol. The maximum absolute atomic E-state index is 15.3. The Morgan fingerprint density at radius 2 is 1.24 bits per heavy atom. The number of anilines is 1. The average Bonchev–Trinajstić information content (AvgIpc) is 2.70. The molecule has 0 N–H and O–H groups in total. The highest BCUT2D eigenvalue weighted by atomic mass is 35.5. The van der Waals surface area contributed by atoms with E-state index in [1.807, 2.05) is 34.6 Å². The lowest BCUT2D eigenvalue weighted by Crippen LogP contribution is -2.50. The van der Waals surface area contributed by atoms with Crippen LogP contribution in [-0.2, 0) is 14.4 Å². The van der Waals surface area contributed by atoms with Crippen molar-refractivity contribution in [3.63, 3.8) is 0 Å². The van der Waals surface area contributed by atoms with Crippen LogP contribution in [0.3, 0.4) is 0 Å². The van der Waals surface area contributed by atoms with Crippen LogP contribution in [0, 0.1) is 22.1 Å². The molecule has 0 aliphatic rings. The molecule has 192 valence electrons. The Morgan fingerprint density at radius 1 is 0.824 bits per heavy atom. The molecule has 1 rings (SSSR count). The Kier molecular flexibility index (Phi) is 10.8. The summed E-state index contributed by atoms with van der Waals surface area (Å²) in [6.07, 6.45) is 4.12. The van der Waals surface area contributed by atoms with E-state index in [2.05, 4.69) is 0 Å². The van der Waals surface area contributed by atoms with Crippen molar-refractivity contribution in [2.75, 3.05) is 4.90 Å². The lowest BCUT2D eigenvalue weighted by atomic mass is 9.82. The number of halogens is 2. The summed E-state index contributed by atoms with van der Waals surface area (Å²) in [5.74, 6) is -1.69. The highest BCUT2D eigenvalue weighted by Crippen LogP contribution is 2.41. The topological polar surface area (TPSA) is 54.5 Å². The molecule has 34 heavy (non-hydrogen) atoms. The fourth-order valence-electron chi connectivity index (χ4n) is 4.11. The van der Waals surface area contributed by atoms with E-state index in [-0.39, 0.29) is 15.8 Å². The van der Waals surface area contributed by atoms with Crippen LogP contribution < -0.4 is 4.90 Å². The molecule has 0 bridgehead atoms. The summed E-state index contributed by atoms with van der Waals surface area (Å²) in [7, 11) is 0. The third-order valence-electron chi connectivity index (χ3n) is 6.19. The summed E-state index contributed by atoms with van der Waals surface area (Å²) < 4.78 is 15.3. The molecule has 0 saturated heterocycles. The van der Waals surface area contributed by atoms with E-state index >= 15 is 4.39 Å². The average molecular weight is 514 g/mol. The van der Waals surface area contributed by atoms with Crippen molar-refractivity contribution < 1.29 is 18.8 Å². The van der Waals surface area contributed by atoms with Crippen LogP contribution in [-0.4, -0.2) is 16.9 Å². The van der Waals surface area contributed by atoms with Gasteiger partial charge in [0.15, 0.2) is 5.12 Å². The molecule has 0 radical (unpaired) electrons. The highest BCUT2D eigenvalue weighted by Gasteiger charge is 2.42. The third kappa shape index (κ3) is 7.30. The van der Waals surface area contributed by atoms with Gasteiger partial charge < -0.3 is 0 Å². The Labute approximate surface area is 214 Å². The fraction of sp³-hybridized carbons (Fsp3) is 0.667. The zero-order valence-corrected chi connectivity index (χ0v) is 23.8. The molecule has 0 aliphatic heterocycles. The van der Waals surface area contributed by atoms with Gasteiger partial charge in [-0.1, -0.05) is 93.2 Å². The minimum Gasteiger partial charge on any atom is -0.286 e. The van der Waals surface area contributed by atoms with Crippen molar-refractivity contribution >= 4 is 46.0 Å². The van der Waals surface area contributed by atoms with E-state index in [0.29, 0.717) is 24.2 Å². The van der Waals surface area contributed by atoms with Gasteiger partial charge in [-0.3, -0.25) is 14.4 Å². The van der Waals surface area contributed by atoms with Gasteiger partial charge in [-0.05, 0) is 43.2 Å². The molecule has 1 aromatic carbocycles. The zero-order chi connectivity index (χ0) is 26.5. The number of benzene rings is 1. The van der Waals surface area contributed by atoms with Crippen LogP contribution >= 0.6 is 23.4 Å². The standard InChI is InChI=1S/C27H41ClFNO3S/c1-10-13-25(4,5)22(31)30(23(32)26(6,7)14-11-2)20-17-21(18(28)16-19(20)29)34-24(33)27(8,9)15-12-3/h16-17H,10-15H2,1-9H3. The number of hydrogen-bond donors (Lipinski definition) is 0. The Balaban J connectivity index is 3.66. The predicted molar refractivity (Wildman–Crippen MR) is 141 cm³/mol. The molecule has 1 aromatic rings. The van der Waals surface area contributed by atoms with Gasteiger partial charge in [0.25, 0.3) is 0 Å². The maximum Gasteiger partial charge on any atom is 0.239 e. The summed E-state index contributed by atoms with van der Waals surface area (Å²) in [6.45, 7) is 16.7. The molecular weight excluding hydrogens is 473 g/mol. The Hall–Kier alpha value is -1.40. The Morgan fingerprint density at radius 3 is 1.65 bits per heavy atom. The second-order valence-electron chi connectivity index (χ2n) is 11.0. The fourth-order valence-corrected chi connectivity index (χ4v) is 5.28. The van der Waals surface area contributed by atoms with Crippen LogP contribution in [0.25, 0.3) is 0 Å². The molecule has 2 amide bonds. The molecule has 0 unspecified atom stereocenters. The largest absolute Gasteiger partial charge is 0.286 e. The molecule has 0 aromatic heterocycles. The van der Waals surface area contributed by atoms with Gasteiger partial charge in [-0.15, -0.1) is 0 Å². The Bertz CT molecular complexity index is 881. The van der Waals surface area contributed by atoms with Gasteiger partial charge in [-0.25, -0.2) is 9.29 Å². The highest BCUT2D eigenvalue weighted by molar-refractivity contribution is 8.13. The van der Waals surface area contributed by atoms with E-state index in [4.69, 9.17) is 11.6 Å². The van der Waals surface area contributed by atoms with Gasteiger partial charge in [0.1, 0.15) is 5.82 Å². The lowest BCUT2D eigenvalue weighted by Gasteiger charge is -2.36. The number of imide groups is 1. The number of rotatable bonds is 11. The molecule has 4 nitrogen and oxygen atoms in total. The molecule has 0 heterocycles. The smallest absolute Gasteiger partial charge is 0.239 e. The van der Waals surface area contributed by atoms with Crippen molar-refractivity contribution in [2.24, 2.45) is 16.2 Å². The molecule has 0 aliphatic carbocycles. The van der Waals surface area contributed by atoms with Crippen LogP contribution in [0.15, 0.2) is 17.0 Å². The summed E-state index contributed by atoms with van der Waals surface area (Å²) in [5.41, 5.74) is -2.48. The normalized spacial score (nSPS) is 12.6. The minimum absolute atomic E-state index is 0.0763. The molecule has 7 heteroatoms. The number of carbonyl (C=O) groups is 3. The first kappa shape index (κ1) is 30.6. The second kappa shape index (κ2) is 12.0. The summed E-state index contributed by atoms with van der Waals surface area (Å²) in [5, 5.41) is -0.0250. The molecular formula is C27H41ClFNO3S. The lowest BCUT2D eigenvalue weighted by molar-refractivity contribution is -0.136.